The van der Waals surface area contributed by atoms with E-state index >= 15 is 0 Å². The summed E-state index contributed by atoms with van der Waals surface area (Å²) in [6.07, 6.45) is 1.26. The Labute approximate surface area is 144 Å². The number of nitrogens with zero attached hydrogens (tertiary/aromatic N) is 2. The smallest absolute Gasteiger partial charge is 0.254 e. The van der Waals surface area contributed by atoms with Crippen LogP contribution >= 0.6 is 0 Å². The molecule has 122 valence electrons. The standard InChI is InChI=1S/C20H22N2OSi/c1-24(2,17-9-4-3-5-10-17)19(12-14-21)22-15-13-16-8-6-7-11-18(16)20(22)23/h3-11,19H,12-13,15H2,1-2H3/t19-/m0/s1. The van der Waals surface area contributed by atoms with Crippen LogP contribution in [0.25, 0.3) is 0 Å². The molecule has 1 atom stereocenters. The van der Waals surface area contributed by atoms with Crippen LogP contribution in [0.15, 0.2) is 54.6 Å². The molecule has 0 aromatic heterocycles. The van der Waals surface area contributed by atoms with E-state index in [2.05, 4.69) is 31.3 Å². The van der Waals surface area contributed by atoms with Gasteiger partial charge in [0.25, 0.3) is 5.91 Å². The van der Waals surface area contributed by atoms with Crippen molar-refractivity contribution in [2.45, 2.75) is 31.6 Å². The quantitative estimate of drug-likeness (QED) is 0.806. The van der Waals surface area contributed by atoms with Crippen molar-refractivity contribution in [3.05, 3.63) is 65.7 Å². The largest absolute Gasteiger partial charge is 0.337 e. The molecule has 2 aromatic rings. The number of nitriles is 1. The fourth-order valence-corrected chi connectivity index (χ4v) is 6.71. The molecule has 24 heavy (non-hydrogen) atoms. The van der Waals surface area contributed by atoms with Crippen LogP contribution in [-0.4, -0.2) is 31.1 Å². The Kier molecular flexibility index (Phi) is 4.54. The second kappa shape index (κ2) is 6.62. The molecule has 0 saturated heterocycles. The van der Waals surface area contributed by atoms with Crippen molar-refractivity contribution in [3.63, 3.8) is 0 Å². The minimum atomic E-state index is -2.00. The molecule has 2 aromatic carbocycles. The maximum Gasteiger partial charge on any atom is 0.254 e. The predicted molar refractivity (Wildman–Crippen MR) is 98.8 cm³/mol. The van der Waals surface area contributed by atoms with Gasteiger partial charge in [0.2, 0.25) is 0 Å². The van der Waals surface area contributed by atoms with Gasteiger partial charge in [-0.2, -0.15) is 5.26 Å². The molecule has 4 heteroatoms. The summed E-state index contributed by atoms with van der Waals surface area (Å²) < 4.78 is 0. The van der Waals surface area contributed by atoms with Gasteiger partial charge in [0, 0.05) is 17.8 Å². The summed E-state index contributed by atoms with van der Waals surface area (Å²) in [6.45, 7) is 5.22. The fourth-order valence-electron chi connectivity index (χ4n) is 3.64. The van der Waals surface area contributed by atoms with Gasteiger partial charge >= 0.3 is 0 Å². The highest BCUT2D eigenvalue weighted by atomic mass is 28.3. The highest BCUT2D eigenvalue weighted by Gasteiger charge is 2.41. The van der Waals surface area contributed by atoms with E-state index in [9.17, 15) is 10.1 Å². The van der Waals surface area contributed by atoms with Gasteiger partial charge in [0.15, 0.2) is 0 Å². The Morgan fingerprint density at radius 1 is 1.12 bits per heavy atom. The molecule has 0 radical (unpaired) electrons. The van der Waals surface area contributed by atoms with Gasteiger partial charge in [-0.25, -0.2) is 0 Å². The first-order valence-corrected chi connectivity index (χ1v) is 11.4. The van der Waals surface area contributed by atoms with E-state index in [1.807, 2.05) is 47.4 Å². The topological polar surface area (TPSA) is 44.1 Å². The first kappa shape index (κ1) is 16.5. The Morgan fingerprint density at radius 3 is 2.50 bits per heavy atom. The summed E-state index contributed by atoms with van der Waals surface area (Å²) in [5.41, 5.74) is 1.91. The van der Waals surface area contributed by atoms with E-state index in [1.165, 1.54) is 5.19 Å². The van der Waals surface area contributed by atoms with Crippen LogP contribution in [0.2, 0.25) is 13.1 Å². The van der Waals surface area contributed by atoms with E-state index in [-0.39, 0.29) is 11.6 Å². The van der Waals surface area contributed by atoms with Crippen molar-refractivity contribution in [2.75, 3.05) is 6.54 Å². The third-order valence-electron chi connectivity index (χ3n) is 5.14. The molecular formula is C20H22N2OSi. The lowest BCUT2D eigenvalue weighted by atomic mass is 9.99. The zero-order valence-corrected chi connectivity index (χ0v) is 15.2. The highest BCUT2D eigenvalue weighted by molar-refractivity contribution is 6.91. The van der Waals surface area contributed by atoms with Crippen molar-refractivity contribution < 1.29 is 4.79 Å². The number of hydrogen-bond donors (Lipinski definition) is 0. The van der Waals surface area contributed by atoms with Crippen molar-refractivity contribution >= 4 is 19.2 Å². The van der Waals surface area contributed by atoms with Crippen molar-refractivity contribution in [1.29, 1.82) is 5.26 Å². The van der Waals surface area contributed by atoms with Crippen LogP contribution in [0.1, 0.15) is 22.3 Å². The normalized spacial score (nSPS) is 15.5. The van der Waals surface area contributed by atoms with Crippen molar-refractivity contribution in [2.24, 2.45) is 0 Å². The number of carbonyl (C=O) groups is 1. The van der Waals surface area contributed by atoms with Crippen LogP contribution in [-0.2, 0) is 6.42 Å². The number of fused-ring (bicyclic) bond motifs is 1. The van der Waals surface area contributed by atoms with Crippen LogP contribution < -0.4 is 5.19 Å². The highest BCUT2D eigenvalue weighted by Crippen LogP contribution is 2.26. The van der Waals surface area contributed by atoms with E-state index in [0.717, 1.165) is 17.5 Å². The minimum absolute atomic E-state index is 0.00856. The number of rotatable bonds is 4. The third kappa shape index (κ3) is 2.88. The molecule has 3 nitrogen and oxygen atoms in total. The third-order valence-corrected chi connectivity index (χ3v) is 9.15. The van der Waals surface area contributed by atoms with Gasteiger partial charge in [-0.15, -0.1) is 0 Å². The van der Waals surface area contributed by atoms with E-state index in [1.54, 1.807) is 0 Å². The molecular weight excluding hydrogens is 312 g/mol. The van der Waals surface area contributed by atoms with Gasteiger partial charge in [0.05, 0.1) is 12.5 Å². The predicted octanol–water partition coefficient (Wildman–Crippen LogP) is 3.12. The number of amides is 1. The number of hydrogen-bond acceptors (Lipinski definition) is 2. The Hall–Kier alpha value is -2.38. The summed E-state index contributed by atoms with van der Waals surface area (Å²) in [7, 11) is -2.00. The molecule has 0 spiro atoms. The van der Waals surface area contributed by atoms with Gasteiger partial charge in [-0.05, 0) is 18.1 Å². The van der Waals surface area contributed by atoms with Crippen LogP contribution in [0.3, 0.4) is 0 Å². The molecule has 1 aliphatic rings. The van der Waals surface area contributed by atoms with Gasteiger partial charge < -0.3 is 4.90 Å². The fraction of sp³-hybridized carbons (Fsp3) is 0.300. The Balaban J connectivity index is 1.98. The maximum atomic E-state index is 13.0. The summed E-state index contributed by atoms with van der Waals surface area (Å²) in [4.78, 5) is 15.0. The molecule has 1 aliphatic heterocycles. The Morgan fingerprint density at radius 2 is 1.79 bits per heavy atom. The summed E-state index contributed by atoms with van der Waals surface area (Å²) in [6, 6.07) is 20.5. The lowest BCUT2D eigenvalue weighted by molar-refractivity contribution is 0.0712. The van der Waals surface area contributed by atoms with Crippen LogP contribution in [0.4, 0.5) is 0 Å². The van der Waals surface area contributed by atoms with Crippen molar-refractivity contribution in [1.82, 2.24) is 4.90 Å². The van der Waals surface area contributed by atoms with E-state index in [4.69, 9.17) is 0 Å². The minimum Gasteiger partial charge on any atom is -0.337 e. The second-order valence-electron chi connectivity index (χ2n) is 6.87. The molecule has 0 aliphatic carbocycles. The molecule has 0 saturated carbocycles. The lowest BCUT2D eigenvalue weighted by Crippen LogP contribution is -2.62. The van der Waals surface area contributed by atoms with Gasteiger partial charge in [-0.3, -0.25) is 4.79 Å². The second-order valence-corrected chi connectivity index (χ2v) is 11.6. The van der Waals surface area contributed by atoms with E-state index < -0.39 is 8.07 Å². The Bertz CT molecular complexity index is 780. The maximum absolute atomic E-state index is 13.0. The average molecular weight is 334 g/mol. The van der Waals surface area contributed by atoms with Gasteiger partial charge in [0.1, 0.15) is 8.07 Å². The molecule has 1 amide bonds. The first-order valence-electron chi connectivity index (χ1n) is 8.37. The molecule has 0 N–H and O–H groups in total. The molecule has 1 heterocycles. The SMILES string of the molecule is C[Si](C)(c1ccccc1)[C@@H](CC#N)N1CCc2ccccc2C1=O. The lowest BCUT2D eigenvalue weighted by Gasteiger charge is -2.42. The van der Waals surface area contributed by atoms with Crippen LogP contribution in [0, 0.1) is 11.3 Å². The van der Waals surface area contributed by atoms with Crippen LogP contribution in [0.5, 0.6) is 0 Å². The van der Waals surface area contributed by atoms with E-state index in [0.29, 0.717) is 13.0 Å². The number of carbonyl (C=O) groups excluding carboxylic acids is 1. The van der Waals surface area contributed by atoms with Crippen molar-refractivity contribution in [3.8, 4) is 6.07 Å². The molecule has 0 fully saturated rings. The molecule has 0 bridgehead atoms. The van der Waals surface area contributed by atoms with Gasteiger partial charge in [-0.1, -0.05) is 66.8 Å². The molecule has 0 unspecified atom stereocenters. The molecule has 3 rings (SSSR count). The summed E-state index contributed by atoms with van der Waals surface area (Å²) >= 11 is 0. The zero-order chi connectivity index (χ0) is 17.2. The zero-order valence-electron chi connectivity index (χ0n) is 14.2. The monoisotopic (exact) mass is 334 g/mol. The average Bonchev–Trinajstić information content (AvgIpc) is 2.61. The first-order chi connectivity index (χ1) is 11.6. The number of benzene rings is 2. The summed E-state index contributed by atoms with van der Waals surface area (Å²) in [5.74, 6) is 0.0774. The summed E-state index contributed by atoms with van der Waals surface area (Å²) in [5, 5.41) is 10.7.